The quantitative estimate of drug-likeness (QED) is 0.618. The van der Waals surface area contributed by atoms with Crippen molar-refractivity contribution in [3.05, 3.63) is 53.0 Å². The molecule has 146 valence electrons. The Kier molecular flexibility index (Phi) is 6.28. The molecule has 0 aliphatic rings. The molecule has 3 aromatic rings. The van der Waals surface area contributed by atoms with Crippen LogP contribution in [-0.4, -0.2) is 37.4 Å². The lowest BCUT2D eigenvalue weighted by Crippen LogP contribution is -2.12. The predicted molar refractivity (Wildman–Crippen MR) is 105 cm³/mol. The van der Waals surface area contributed by atoms with Gasteiger partial charge in [-0.25, -0.2) is 0 Å². The number of nitrogens with zero attached hydrogens (tertiary/aromatic N) is 2. The molecule has 3 rings (SSSR count). The van der Waals surface area contributed by atoms with Crippen molar-refractivity contribution >= 4 is 22.4 Å². The van der Waals surface area contributed by atoms with Crippen molar-refractivity contribution in [3.63, 3.8) is 0 Å². The smallest absolute Gasteiger partial charge is 0.257 e. The highest BCUT2D eigenvalue weighted by atomic mass is 32.1. The molecule has 0 aliphatic heterocycles. The summed E-state index contributed by atoms with van der Waals surface area (Å²) in [6.45, 7) is 0.266. The number of methoxy groups -OCH3 is 3. The third-order valence-electron chi connectivity index (χ3n) is 3.72. The number of rotatable bonds is 8. The monoisotopic (exact) mass is 401 g/mol. The Balaban J connectivity index is 1.69. The molecular weight excluding hydrogens is 382 g/mol. The largest absolute Gasteiger partial charge is 0.493 e. The summed E-state index contributed by atoms with van der Waals surface area (Å²) in [7, 11) is 4.48. The molecule has 1 N–H and O–H groups in total. The van der Waals surface area contributed by atoms with Crippen molar-refractivity contribution in [3.8, 4) is 23.0 Å². The maximum atomic E-state index is 12.6. The molecule has 9 heteroatoms. The molecule has 0 unspecified atom stereocenters. The van der Waals surface area contributed by atoms with Crippen molar-refractivity contribution in [2.45, 2.75) is 6.61 Å². The third kappa shape index (κ3) is 4.49. The summed E-state index contributed by atoms with van der Waals surface area (Å²) in [6, 6.07) is 12.5. The van der Waals surface area contributed by atoms with Crippen LogP contribution in [0, 0.1) is 0 Å². The first-order chi connectivity index (χ1) is 13.6. The summed E-state index contributed by atoms with van der Waals surface area (Å²) in [5.74, 6) is 1.56. The Morgan fingerprint density at radius 3 is 2.29 bits per heavy atom. The Bertz CT molecular complexity index is 921. The lowest BCUT2D eigenvalue weighted by Gasteiger charge is -2.13. The van der Waals surface area contributed by atoms with E-state index in [1.807, 2.05) is 30.3 Å². The fraction of sp³-hybridized carbons (Fsp3) is 0.211. The Labute approximate surface area is 166 Å². The molecule has 2 aromatic carbocycles. The number of carbonyl (C=O) groups is 1. The number of carbonyl (C=O) groups excluding carboxylic acids is 1. The predicted octanol–water partition coefficient (Wildman–Crippen LogP) is 3.40. The van der Waals surface area contributed by atoms with E-state index in [2.05, 4.69) is 15.5 Å². The first-order valence-corrected chi connectivity index (χ1v) is 9.07. The number of hydrogen-bond acceptors (Lipinski definition) is 8. The number of aromatic nitrogens is 2. The van der Waals surface area contributed by atoms with Crippen molar-refractivity contribution in [2.75, 3.05) is 26.6 Å². The average molecular weight is 401 g/mol. The summed E-state index contributed by atoms with van der Waals surface area (Å²) >= 11 is 1.24. The van der Waals surface area contributed by atoms with E-state index in [9.17, 15) is 4.79 Å². The highest BCUT2D eigenvalue weighted by molar-refractivity contribution is 7.15. The van der Waals surface area contributed by atoms with Gasteiger partial charge in [-0.3, -0.25) is 10.1 Å². The van der Waals surface area contributed by atoms with Gasteiger partial charge < -0.3 is 18.9 Å². The van der Waals surface area contributed by atoms with Crippen LogP contribution in [0.1, 0.15) is 15.4 Å². The number of ether oxygens (including phenoxy) is 4. The number of anilines is 1. The van der Waals surface area contributed by atoms with E-state index in [0.29, 0.717) is 33.0 Å². The van der Waals surface area contributed by atoms with Gasteiger partial charge in [-0.15, -0.1) is 10.2 Å². The van der Waals surface area contributed by atoms with Gasteiger partial charge in [0, 0.05) is 5.56 Å². The van der Waals surface area contributed by atoms with Crippen molar-refractivity contribution in [2.24, 2.45) is 0 Å². The van der Waals surface area contributed by atoms with E-state index < -0.39 is 0 Å². The van der Waals surface area contributed by atoms with Crippen LogP contribution < -0.4 is 24.3 Å². The minimum atomic E-state index is -0.370. The fourth-order valence-corrected chi connectivity index (χ4v) is 3.05. The Morgan fingerprint density at radius 2 is 1.68 bits per heavy atom. The number of para-hydroxylation sites is 1. The number of hydrogen-bond donors (Lipinski definition) is 1. The second-order valence-corrected chi connectivity index (χ2v) is 6.53. The highest BCUT2D eigenvalue weighted by Gasteiger charge is 2.18. The summed E-state index contributed by atoms with van der Waals surface area (Å²) in [6.07, 6.45) is 0. The number of nitrogens with one attached hydrogen (secondary N) is 1. The van der Waals surface area contributed by atoms with Crippen LogP contribution in [0.3, 0.4) is 0 Å². The summed E-state index contributed by atoms with van der Waals surface area (Å²) < 4.78 is 21.4. The van der Waals surface area contributed by atoms with Crippen molar-refractivity contribution < 1.29 is 23.7 Å². The fourth-order valence-electron chi connectivity index (χ4n) is 2.41. The van der Waals surface area contributed by atoms with E-state index >= 15 is 0 Å². The minimum Gasteiger partial charge on any atom is -0.493 e. The van der Waals surface area contributed by atoms with Crippen LogP contribution in [0.5, 0.6) is 23.0 Å². The van der Waals surface area contributed by atoms with Crippen LogP contribution in [0.4, 0.5) is 5.13 Å². The Morgan fingerprint density at radius 1 is 1.00 bits per heavy atom. The van der Waals surface area contributed by atoms with Crippen LogP contribution in [0.2, 0.25) is 0 Å². The molecule has 0 radical (unpaired) electrons. The summed E-state index contributed by atoms with van der Waals surface area (Å²) in [5, 5.41) is 11.7. The maximum Gasteiger partial charge on any atom is 0.257 e. The van der Waals surface area contributed by atoms with Crippen LogP contribution in [-0.2, 0) is 6.61 Å². The van der Waals surface area contributed by atoms with Gasteiger partial charge in [0.05, 0.1) is 21.3 Å². The second kappa shape index (κ2) is 9.05. The SMILES string of the molecule is COc1cc(C(=O)Nc2nnc(COc3ccccc3)s2)cc(OC)c1OC. The molecule has 0 atom stereocenters. The van der Waals surface area contributed by atoms with Crippen LogP contribution >= 0.6 is 11.3 Å². The maximum absolute atomic E-state index is 12.6. The molecule has 1 heterocycles. The molecular formula is C19H19N3O5S. The molecule has 28 heavy (non-hydrogen) atoms. The molecule has 0 saturated carbocycles. The molecule has 0 aliphatic carbocycles. The van der Waals surface area contributed by atoms with Crippen molar-refractivity contribution in [1.29, 1.82) is 0 Å². The molecule has 1 amide bonds. The van der Waals surface area contributed by atoms with Gasteiger partial charge in [0.1, 0.15) is 12.4 Å². The molecule has 0 fully saturated rings. The number of benzene rings is 2. The molecule has 0 saturated heterocycles. The summed E-state index contributed by atoms with van der Waals surface area (Å²) in [4.78, 5) is 12.6. The van der Waals surface area contributed by atoms with E-state index in [-0.39, 0.29) is 12.5 Å². The van der Waals surface area contributed by atoms with Crippen molar-refractivity contribution in [1.82, 2.24) is 10.2 Å². The molecule has 8 nitrogen and oxygen atoms in total. The first kappa shape index (κ1) is 19.4. The molecule has 1 aromatic heterocycles. The van der Waals surface area contributed by atoms with Gasteiger partial charge in [0.2, 0.25) is 10.9 Å². The third-order valence-corrected chi connectivity index (χ3v) is 4.53. The van der Waals surface area contributed by atoms with Gasteiger partial charge >= 0.3 is 0 Å². The highest BCUT2D eigenvalue weighted by Crippen LogP contribution is 2.38. The summed E-state index contributed by atoms with van der Waals surface area (Å²) in [5.41, 5.74) is 0.340. The standard InChI is InChI=1S/C19H19N3O5S/c1-24-14-9-12(10-15(25-2)17(14)26-3)18(23)20-19-22-21-16(28-19)11-27-13-7-5-4-6-8-13/h4-10H,11H2,1-3H3,(H,20,22,23). The van der Waals surface area contributed by atoms with Gasteiger partial charge in [0.25, 0.3) is 5.91 Å². The van der Waals surface area contributed by atoms with Gasteiger partial charge in [-0.1, -0.05) is 29.5 Å². The van der Waals surface area contributed by atoms with Gasteiger partial charge in [-0.2, -0.15) is 0 Å². The van der Waals surface area contributed by atoms with Gasteiger partial charge in [0.15, 0.2) is 16.5 Å². The van der Waals surface area contributed by atoms with Crippen LogP contribution in [0.15, 0.2) is 42.5 Å². The van der Waals surface area contributed by atoms with E-state index in [1.165, 1.54) is 32.7 Å². The van der Waals surface area contributed by atoms with E-state index in [4.69, 9.17) is 18.9 Å². The zero-order valence-corrected chi connectivity index (χ0v) is 16.4. The normalized spacial score (nSPS) is 10.2. The minimum absolute atomic E-state index is 0.266. The first-order valence-electron chi connectivity index (χ1n) is 8.26. The van der Waals surface area contributed by atoms with E-state index in [0.717, 1.165) is 5.75 Å². The lowest BCUT2D eigenvalue weighted by atomic mass is 10.1. The second-order valence-electron chi connectivity index (χ2n) is 5.47. The van der Waals surface area contributed by atoms with Crippen LogP contribution in [0.25, 0.3) is 0 Å². The van der Waals surface area contributed by atoms with E-state index in [1.54, 1.807) is 12.1 Å². The number of amides is 1. The zero-order chi connectivity index (χ0) is 19.9. The van der Waals surface area contributed by atoms with Gasteiger partial charge in [-0.05, 0) is 24.3 Å². The zero-order valence-electron chi connectivity index (χ0n) is 15.6. The topological polar surface area (TPSA) is 91.8 Å². The Hall–Kier alpha value is -3.33. The lowest BCUT2D eigenvalue weighted by molar-refractivity contribution is 0.102. The molecule has 0 bridgehead atoms. The molecule has 0 spiro atoms. The average Bonchev–Trinajstić information content (AvgIpc) is 3.19.